The molecule has 3 aromatic rings. The summed E-state index contributed by atoms with van der Waals surface area (Å²) in [6.07, 6.45) is 5.37. The molecule has 4 rings (SSSR count). The molecule has 0 atom stereocenters. The molecule has 166 valence electrons. The van der Waals surface area contributed by atoms with Gasteiger partial charge in [0.25, 0.3) is 12.4 Å². The molecule has 32 heavy (non-hydrogen) atoms. The van der Waals surface area contributed by atoms with Crippen molar-refractivity contribution in [3.63, 3.8) is 0 Å². The van der Waals surface area contributed by atoms with Crippen molar-refractivity contribution in [2.24, 2.45) is 0 Å². The fourth-order valence-electron chi connectivity index (χ4n) is 3.35. The highest BCUT2D eigenvalue weighted by atomic mass is 16.3. The number of carbonyl (C=O) groups excluding carboxylic acids is 1. The van der Waals surface area contributed by atoms with E-state index in [2.05, 4.69) is 25.5 Å². The van der Waals surface area contributed by atoms with Gasteiger partial charge in [-0.3, -0.25) is 19.6 Å². The first-order valence-corrected chi connectivity index (χ1v) is 10.0. The summed E-state index contributed by atoms with van der Waals surface area (Å²) in [5.41, 5.74) is 1.08. The smallest absolute Gasteiger partial charge is 0.290 e. The second-order valence-corrected chi connectivity index (χ2v) is 7.15. The zero-order valence-corrected chi connectivity index (χ0v) is 17.3. The fourth-order valence-corrected chi connectivity index (χ4v) is 3.35. The molecule has 1 saturated heterocycles. The van der Waals surface area contributed by atoms with Crippen LogP contribution in [-0.2, 0) is 16.1 Å². The summed E-state index contributed by atoms with van der Waals surface area (Å²) in [5, 5.41) is 29.0. The summed E-state index contributed by atoms with van der Waals surface area (Å²) in [5.74, 6) is 0.361. The molecule has 0 saturated carbocycles. The van der Waals surface area contributed by atoms with Gasteiger partial charge in [0.05, 0.1) is 24.1 Å². The predicted octanol–water partition coefficient (Wildman–Crippen LogP) is 1.28. The Kier molecular flexibility index (Phi) is 7.76. The molecule has 1 amide bonds. The summed E-state index contributed by atoms with van der Waals surface area (Å²) < 4.78 is 0. The number of hydrogen-bond acceptors (Lipinski definition) is 8. The summed E-state index contributed by atoms with van der Waals surface area (Å²) in [6, 6.07) is 13.7. The van der Waals surface area contributed by atoms with Gasteiger partial charge in [0.15, 0.2) is 5.82 Å². The maximum atomic E-state index is 12.5. The van der Waals surface area contributed by atoms with Crippen LogP contribution in [0.4, 0.5) is 5.82 Å². The minimum atomic E-state index is -1.39. The molecular weight excluding hydrogens is 412 g/mol. The monoisotopic (exact) mass is 436 g/mol. The lowest BCUT2D eigenvalue weighted by atomic mass is 9.90. The molecule has 0 spiro atoms. The van der Waals surface area contributed by atoms with E-state index in [4.69, 9.17) is 9.90 Å². The van der Waals surface area contributed by atoms with Crippen LogP contribution in [-0.4, -0.2) is 61.4 Å². The molecule has 0 unspecified atom stereocenters. The lowest BCUT2D eigenvalue weighted by Gasteiger charge is -2.37. The number of nitrogens with one attached hydrogen (secondary N) is 1. The molecule has 0 radical (unpaired) electrons. The molecule has 2 aromatic heterocycles. The van der Waals surface area contributed by atoms with E-state index in [-0.39, 0.29) is 18.9 Å². The van der Waals surface area contributed by atoms with Gasteiger partial charge in [-0.15, -0.1) is 10.2 Å². The number of rotatable bonds is 5. The summed E-state index contributed by atoms with van der Waals surface area (Å²) in [6.45, 7) is 1.04. The third-order valence-corrected chi connectivity index (χ3v) is 5.10. The number of carbonyl (C=O) groups is 2. The van der Waals surface area contributed by atoms with E-state index >= 15 is 0 Å². The van der Waals surface area contributed by atoms with Crippen molar-refractivity contribution in [1.82, 2.24) is 25.5 Å². The molecule has 0 aliphatic carbocycles. The summed E-state index contributed by atoms with van der Waals surface area (Å²) in [4.78, 5) is 31.0. The lowest BCUT2D eigenvalue weighted by Crippen LogP contribution is -2.53. The van der Waals surface area contributed by atoms with Crippen molar-refractivity contribution < 1.29 is 19.8 Å². The molecule has 10 nitrogen and oxygen atoms in total. The molecule has 3 N–H and O–H groups in total. The van der Waals surface area contributed by atoms with E-state index in [1.165, 1.54) is 0 Å². The van der Waals surface area contributed by atoms with Crippen LogP contribution in [0.5, 0.6) is 0 Å². The van der Waals surface area contributed by atoms with Crippen molar-refractivity contribution in [3.8, 4) is 11.3 Å². The summed E-state index contributed by atoms with van der Waals surface area (Å²) in [7, 11) is 0. The highest BCUT2D eigenvalue weighted by molar-refractivity contribution is 5.85. The van der Waals surface area contributed by atoms with Crippen molar-refractivity contribution in [3.05, 3.63) is 66.7 Å². The Hall–Kier alpha value is -3.92. The second-order valence-electron chi connectivity index (χ2n) is 7.15. The SMILES string of the molecule is O=C(NCc1cnccn1)C1(O)CCN(c2ccc(-c3ccccc3)nn2)CC1.O=CO. The van der Waals surface area contributed by atoms with Crippen LogP contribution in [0.1, 0.15) is 18.5 Å². The van der Waals surface area contributed by atoms with E-state index in [0.29, 0.717) is 31.6 Å². The third-order valence-electron chi connectivity index (χ3n) is 5.10. The number of carboxylic acid groups (broad SMARTS) is 1. The van der Waals surface area contributed by atoms with Crippen molar-refractivity contribution in [1.29, 1.82) is 0 Å². The number of nitrogens with zero attached hydrogens (tertiary/aromatic N) is 5. The number of benzene rings is 1. The Bertz CT molecular complexity index is 994. The van der Waals surface area contributed by atoms with Gasteiger partial charge in [-0.25, -0.2) is 0 Å². The maximum Gasteiger partial charge on any atom is 0.290 e. The van der Waals surface area contributed by atoms with Crippen LogP contribution >= 0.6 is 0 Å². The van der Waals surface area contributed by atoms with Crippen LogP contribution < -0.4 is 10.2 Å². The second kappa shape index (κ2) is 10.9. The molecular formula is C22H24N6O4. The van der Waals surface area contributed by atoms with Crippen LogP contribution in [0.15, 0.2) is 61.1 Å². The Labute approximate surface area is 185 Å². The fraction of sp³-hybridized carbons (Fsp3) is 0.273. The van der Waals surface area contributed by atoms with Gasteiger partial charge < -0.3 is 20.4 Å². The number of aromatic nitrogens is 4. The van der Waals surface area contributed by atoms with Crippen molar-refractivity contribution in [2.45, 2.75) is 25.0 Å². The largest absolute Gasteiger partial charge is 0.483 e. The van der Waals surface area contributed by atoms with Gasteiger partial charge >= 0.3 is 0 Å². The van der Waals surface area contributed by atoms with E-state index in [1.807, 2.05) is 47.4 Å². The number of aliphatic hydroxyl groups is 1. The molecule has 10 heteroatoms. The topological polar surface area (TPSA) is 141 Å². The summed E-state index contributed by atoms with van der Waals surface area (Å²) >= 11 is 0. The maximum absolute atomic E-state index is 12.5. The molecule has 1 aromatic carbocycles. The molecule has 3 heterocycles. The average molecular weight is 436 g/mol. The predicted molar refractivity (Wildman–Crippen MR) is 116 cm³/mol. The Morgan fingerprint density at radius 3 is 2.41 bits per heavy atom. The van der Waals surface area contributed by atoms with Gasteiger partial charge in [0.1, 0.15) is 5.60 Å². The Morgan fingerprint density at radius 1 is 1.09 bits per heavy atom. The number of anilines is 1. The highest BCUT2D eigenvalue weighted by Crippen LogP contribution is 2.26. The van der Waals surface area contributed by atoms with Crippen LogP contribution in [0.2, 0.25) is 0 Å². The number of amides is 1. The number of hydrogen-bond donors (Lipinski definition) is 3. The van der Waals surface area contributed by atoms with Crippen molar-refractivity contribution >= 4 is 18.2 Å². The van der Waals surface area contributed by atoms with Crippen LogP contribution in [0, 0.1) is 0 Å². The minimum absolute atomic E-state index is 0.241. The van der Waals surface area contributed by atoms with Gasteiger partial charge in [0, 0.05) is 43.9 Å². The van der Waals surface area contributed by atoms with Crippen LogP contribution in [0.3, 0.4) is 0 Å². The first-order chi connectivity index (χ1) is 15.6. The normalized spacial score (nSPS) is 14.6. The van der Waals surface area contributed by atoms with Crippen LogP contribution in [0.25, 0.3) is 11.3 Å². The van der Waals surface area contributed by atoms with E-state index < -0.39 is 5.60 Å². The van der Waals surface area contributed by atoms with Gasteiger partial charge in [-0.2, -0.15) is 0 Å². The number of piperidine rings is 1. The lowest BCUT2D eigenvalue weighted by molar-refractivity contribution is -0.142. The van der Waals surface area contributed by atoms with E-state index in [1.54, 1.807) is 18.6 Å². The van der Waals surface area contributed by atoms with Crippen molar-refractivity contribution in [2.75, 3.05) is 18.0 Å². The first kappa shape index (κ1) is 22.8. The minimum Gasteiger partial charge on any atom is -0.483 e. The molecule has 1 aliphatic heterocycles. The van der Waals surface area contributed by atoms with Gasteiger partial charge in [-0.05, 0) is 12.1 Å². The average Bonchev–Trinajstić information content (AvgIpc) is 2.85. The van der Waals surface area contributed by atoms with Gasteiger partial charge in [-0.1, -0.05) is 30.3 Å². The van der Waals surface area contributed by atoms with Gasteiger partial charge in [0.2, 0.25) is 0 Å². The van der Waals surface area contributed by atoms with E-state index in [9.17, 15) is 9.90 Å². The van der Waals surface area contributed by atoms with E-state index in [0.717, 1.165) is 17.1 Å². The Morgan fingerprint density at radius 2 is 1.81 bits per heavy atom. The Balaban J connectivity index is 0.000000913. The molecule has 0 bridgehead atoms. The zero-order valence-electron chi connectivity index (χ0n) is 17.3. The zero-order chi connectivity index (χ0) is 22.8. The first-order valence-electron chi connectivity index (χ1n) is 10.0. The molecule has 1 aliphatic rings. The third kappa shape index (κ3) is 5.82. The highest BCUT2D eigenvalue weighted by Gasteiger charge is 2.39. The molecule has 1 fully saturated rings. The quantitative estimate of drug-likeness (QED) is 0.504. The standard InChI is InChI=1S/C21H22N6O2.CH2O2/c28-20(24-15-17-14-22-10-11-23-17)21(29)8-12-27(13-9-21)19-7-6-18(25-26-19)16-4-2-1-3-5-16;2-1-3/h1-7,10-11,14,29H,8-9,12-13,15H2,(H,24,28);1H,(H,2,3).